The standard InChI is InChI=1S/C21H25N3O/c1-13-22-17-15-7-5-6-8-16(15)25-18(17)19(23-13)24-12-21(4)10-14(24)9-20(2,3)11-21/h5-8,14H,9-12H2,1-4H3/p+1. The van der Waals surface area contributed by atoms with Crippen LogP contribution in [0, 0.1) is 17.8 Å². The van der Waals surface area contributed by atoms with Crippen LogP contribution in [0.2, 0.25) is 0 Å². The monoisotopic (exact) mass is 336 g/mol. The summed E-state index contributed by atoms with van der Waals surface area (Å²) < 4.78 is 6.24. The van der Waals surface area contributed by atoms with Gasteiger partial charge in [0.25, 0.3) is 5.82 Å². The van der Waals surface area contributed by atoms with E-state index in [-0.39, 0.29) is 0 Å². The lowest BCUT2D eigenvalue weighted by Crippen LogP contribution is -3.09. The van der Waals surface area contributed by atoms with E-state index in [1.54, 1.807) is 0 Å². The highest BCUT2D eigenvalue weighted by molar-refractivity contribution is 6.04. The predicted octanol–water partition coefficient (Wildman–Crippen LogP) is 3.80. The molecule has 0 radical (unpaired) electrons. The summed E-state index contributed by atoms with van der Waals surface area (Å²) in [5, 5.41) is 1.09. The molecule has 4 nitrogen and oxygen atoms in total. The van der Waals surface area contributed by atoms with Crippen LogP contribution in [0.4, 0.5) is 5.82 Å². The average molecular weight is 336 g/mol. The van der Waals surface area contributed by atoms with E-state index in [0.717, 1.165) is 40.3 Å². The second kappa shape index (κ2) is 4.82. The van der Waals surface area contributed by atoms with Crippen LogP contribution in [0.15, 0.2) is 28.7 Å². The molecule has 2 aliphatic rings. The highest BCUT2D eigenvalue weighted by atomic mass is 16.3. The van der Waals surface area contributed by atoms with E-state index in [2.05, 4.69) is 26.8 Å². The molecule has 3 atom stereocenters. The summed E-state index contributed by atoms with van der Waals surface area (Å²) in [6.07, 6.45) is 3.84. The van der Waals surface area contributed by atoms with E-state index in [1.807, 2.05) is 25.1 Å². The Morgan fingerprint density at radius 2 is 1.92 bits per heavy atom. The van der Waals surface area contributed by atoms with Gasteiger partial charge in [0.1, 0.15) is 16.9 Å². The van der Waals surface area contributed by atoms with Crippen LogP contribution in [-0.2, 0) is 0 Å². The number of aromatic nitrogens is 2. The maximum Gasteiger partial charge on any atom is 0.273 e. The minimum atomic E-state index is 0.402. The maximum absolute atomic E-state index is 6.24. The highest BCUT2D eigenvalue weighted by Crippen LogP contribution is 2.48. The van der Waals surface area contributed by atoms with Gasteiger partial charge in [-0.1, -0.05) is 32.9 Å². The third kappa shape index (κ3) is 2.30. The third-order valence-electron chi connectivity index (χ3n) is 6.19. The van der Waals surface area contributed by atoms with Crippen LogP contribution in [0.3, 0.4) is 0 Å². The van der Waals surface area contributed by atoms with Crippen LogP contribution >= 0.6 is 0 Å². The van der Waals surface area contributed by atoms with Crippen LogP contribution in [0.25, 0.3) is 22.1 Å². The summed E-state index contributed by atoms with van der Waals surface area (Å²) in [5.41, 5.74) is 3.58. The maximum atomic E-state index is 6.24. The van der Waals surface area contributed by atoms with E-state index < -0.39 is 0 Å². The predicted molar refractivity (Wildman–Crippen MR) is 99.1 cm³/mol. The summed E-state index contributed by atoms with van der Waals surface area (Å²) in [6.45, 7) is 10.4. The molecule has 2 bridgehead atoms. The van der Waals surface area contributed by atoms with Gasteiger partial charge in [0.2, 0.25) is 5.58 Å². The molecule has 3 heterocycles. The normalized spacial score (nSPS) is 31.0. The Balaban J connectivity index is 1.71. The Kier molecular flexibility index (Phi) is 2.95. The molecular weight excluding hydrogens is 310 g/mol. The molecule has 0 amide bonds. The molecule has 1 saturated heterocycles. The molecule has 130 valence electrons. The topological polar surface area (TPSA) is 43.4 Å². The Morgan fingerprint density at radius 3 is 2.76 bits per heavy atom. The van der Waals surface area contributed by atoms with Gasteiger partial charge < -0.3 is 4.42 Å². The number of benzene rings is 1. The van der Waals surface area contributed by atoms with Gasteiger partial charge in [-0.25, -0.2) is 4.98 Å². The van der Waals surface area contributed by atoms with Gasteiger partial charge in [-0.3, -0.25) is 4.90 Å². The van der Waals surface area contributed by atoms with E-state index in [4.69, 9.17) is 14.4 Å². The number of para-hydroxylation sites is 1. The molecule has 2 aromatic heterocycles. The second-order valence-electron chi connectivity index (χ2n) is 9.35. The molecule has 3 aromatic rings. The lowest BCUT2D eigenvalue weighted by molar-refractivity contribution is -0.850. The Morgan fingerprint density at radius 1 is 1.12 bits per heavy atom. The number of furan rings is 1. The van der Waals surface area contributed by atoms with Gasteiger partial charge in [-0.15, -0.1) is 0 Å². The fourth-order valence-electron chi connectivity index (χ4n) is 5.82. The van der Waals surface area contributed by atoms with Crippen molar-refractivity contribution in [1.29, 1.82) is 0 Å². The fraction of sp³-hybridized carbons (Fsp3) is 0.524. The molecule has 1 saturated carbocycles. The SMILES string of the molecule is Cc1nc([NH+]2CC3(C)CC2CC(C)(C)C3)c2oc3ccccc3c2n1. The van der Waals surface area contributed by atoms with E-state index in [1.165, 1.54) is 24.2 Å². The van der Waals surface area contributed by atoms with Gasteiger partial charge in [0, 0.05) is 23.6 Å². The van der Waals surface area contributed by atoms with Crippen molar-refractivity contribution in [3.8, 4) is 0 Å². The molecule has 4 heteroatoms. The minimum absolute atomic E-state index is 0.402. The quantitative estimate of drug-likeness (QED) is 0.735. The number of hydrogen-bond donors (Lipinski definition) is 1. The van der Waals surface area contributed by atoms with Gasteiger partial charge in [-0.2, -0.15) is 4.98 Å². The average Bonchev–Trinajstić information content (AvgIpc) is 3.00. The van der Waals surface area contributed by atoms with E-state index in [9.17, 15) is 0 Å². The number of fused-ring (bicyclic) bond motifs is 5. The molecule has 2 fully saturated rings. The molecular formula is C21H26N3O+. The van der Waals surface area contributed by atoms with Gasteiger partial charge in [0.15, 0.2) is 0 Å². The molecule has 5 rings (SSSR count). The van der Waals surface area contributed by atoms with Crippen molar-refractivity contribution in [2.75, 3.05) is 6.54 Å². The summed E-state index contributed by atoms with van der Waals surface area (Å²) >= 11 is 0. The summed E-state index contributed by atoms with van der Waals surface area (Å²) in [6, 6.07) is 8.81. The summed E-state index contributed by atoms with van der Waals surface area (Å²) in [4.78, 5) is 11.1. The van der Waals surface area contributed by atoms with Crippen LogP contribution < -0.4 is 4.90 Å². The first-order valence-electron chi connectivity index (χ1n) is 9.36. The molecule has 1 aromatic carbocycles. The van der Waals surface area contributed by atoms with Crippen LogP contribution in [0.5, 0.6) is 0 Å². The second-order valence-corrected chi connectivity index (χ2v) is 9.35. The number of hydrogen-bond acceptors (Lipinski definition) is 3. The largest absolute Gasteiger partial charge is 0.446 e. The first-order valence-corrected chi connectivity index (χ1v) is 9.36. The molecule has 1 aliphatic carbocycles. The van der Waals surface area contributed by atoms with Crippen molar-refractivity contribution in [3.63, 3.8) is 0 Å². The van der Waals surface area contributed by atoms with Crippen molar-refractivity contribution in [3.05, 3.63) is 30.1 Å². The molecule has 3 unspecified atom stereocenters. The zero-order valence-electron chi connectivity index (χ0n) is 15.5. The van der Waals surface area contributed by atoms with Crippen molar-refractivity contribution in [1.82, 2.24) is 9.97 Å². The van der Waals surface area contributed by atoms with Crippen LogP contribution in [-0.4, -0.2) is 22.6 Å². The summed E-state index contributed by atoms with van der Waals surface area (Å²) in [7, 11) is 0. The molecule has 1 aliphatic heterocycles. The van der Waals surface area contributed by atoms with Gasteiger partial charge >= 0.3 is 0 Å². The smallest absolute Gasteiger partial charge is 0.273 e. The Hall–Kier alpha value is -1.94. The fourth-order valence-corrected chi connectivity index (χ4v) is 5.82. The van der Waals surface area contributed by atoms with Crippen LogP contribution in [0.1, 0.15) is 45.9 Å². The lowest BCUT2D eigenvalue weighted by Gasteiger charge is -2.37. The molecule has 25 heavy (non-hydrogen) atoms. The first-order chi connectivity index (χ1) is 11.8. The van der Waals surface area contributed by atoms with Crippen molar-refractivity contribution in [2.24, 2.45) is 10.8 Å². The van der Waals surface area contributed by atoms with Crippen molar-refractivity contribution < 1.29 is 9.32 Å². The Labute approximate surface area is 148 Å². The van der Waals surface area contributed by atoms with Crippen molar-refractivity contribution in [2.45, 2.75) is 53.0 Å². The number of quaternary nitrogens is 1. The third-order valence-corrected chi connectivity index (χ3v) is 6.19. The lowest BCUT2D eigenvalue weighted by atomic mass is 9.65. The summed E-state index contributed by atoms with van der Waals surface area (Å²) in [5.74, 6) is 1.91. The molecule has 0 spiro atoms. The minimum Gasteiger partial charge on any atom is -0.446 e. The number of nitrogens with zero attached hydrogens (tertiary/aromatic N) is 2. The van der Waals surface area contributed by atoms with Gasteiger partial charge in [-0.05, 0) is 30.9 Å². The van der Waals surface area contributed by atoms with Crippen molar-refractivity contribution >= 4 is 27.9 Å². The number of aryl methyl sites for hydroxylation is 1. The first kappa shape index (κ1) is 15.3. The molecule has 1 N–H and O–H groups in total. The van der Waals surface area contributed by atoms with E-state index >= 15 is 0 Å². The highest BCUT2D eigenvalue weighted by Gasteiger charge is 2.54. The zero-order valence-corrected chi connectivity index (χ0v) is 15.5. The zero-order chi connectivity index (χ0) is 17.4. The van der Waals surface area contributed by atoms with E-state index in [0.29, 0.717) is 16.9 Å². The Bertz CT molecular complexity index is 989. The van der Waals surface area contributed by atoms with Gasteiger partial charge in [0.05, 0.1) is 12.6 Å². The number of rotatable bonds is 1. The number of nitrogens with one attached hydrogen (secondary N) is 1.